The molecule has 1 aromatic carbocycles. The highest BCUT2D eigenvalue weighted by Gasteiger charge is 2.28. The third-order valence-corrected chi connectivity index (χ3v) is 6.45. The normalized spacial score (nSPS) is 26.5. The van der Waals surface area contributed by atoms with Crippen molar-refractivity contribution >= 4 is 0 Å². The maximum atomic E-state index is 13.9. The summed E-state index contributed by atoms with van der Waals surface area (Å²) in [6, 6.07) is 3.09. The molecule has 0 amide bonds. The summed E-state index contributed by atoms with van der Waals surface area (Å²) in [7, 11) is 0. The van der Waals surface area contributed by atoms with Crippen LogP contribution in [0.1, 0.15) is 70.3 Å². The fourth-order valence-electron chi connectivity index (χ4n) is 4.73. The topological polar surface area (TPSA) is 9.23 Å². The van der Waals surface area contributed by atoms with Crippen LogP contribution >= 0.6 is 0 Å². The maximum Gasteiger partial charge on any atom is 0.200 e. The van der Waals surface area contributed by atoms with Gasteiger partial charge in [0, 0.05) is 0 Å². The molecule has 3 heteroatoms. The molecule has 0 spiro atoms. The Kier molecular flexibility index (Phi) is 6.72. The van der Waals surface area contributed by atoms with Crippen LogP contribution in [0.5, 0.6) is 5.75 Å². The van der Waals surface area contributed by atoms with Crippen LogP contribution in [0.25, 0.3) is 0 Å². The van der Waals surface area contributed by atoms with Gasteiger partial charge in [-0.05, 0) is 74.0 Å². The zero-order chi connectivity index (χ0) is 18.5. The minimum absolute atomic E-state index is 0.0189. The van der Waals surface area contributed by atoms with Crippen LogP contribution in [0.3, 0.4) is 0 Å². The zero-order valence-electron chi connectivity index (χ0n) is 16.2. The molecule has 0 bridgehead atoms. The summed E-state index contributed by atoms with van der Waals surface area (Å²) in [6.45, 7) is 4.22. The van der Waals surface area contributed by atoms with Gasteiger partial charge in [-0.2, -0.15) is 4.39 Å². The van der Waals surface area contributed by atoms with Gasteiger partial charge in [0.25, 0.3) is 0 Å². The first kappa shape index (κ1) is 19.4. The Balaban J connectivity index is 1.47. The molecule has 1 unspecified atom stereocenters. The van der Waals surface area contributed by atoms with E-state index < -0.39 is 11.6 Å². The lowest BCUT2D eigenvalue weighted by Gasteiger charge is -2.35. The molecule has 0 radical (unpaired) electrons. The highest BCUT2D eigenvalue weighted by Crippen LogP contribution is 2.40. The quantitative estimate of drug-likeness (QED) is 0.496. The molecule has 0 N–H and O–H groups in total. The van der Waals surface area contributed by atoms with Gasteiger partial charge in [-0.1, -0.05) is 44.7 Å². The molecule has 0 saturated heterocycles. The lowest BCUT2D eigenvalue weighted by atomic mass is 9.71. The second-order valence-corrected chi connectivity index (χ2v) is 8.26. The molecule has 3 rings (SSSR count). The van der Waals surface area contributed by atoms with E-state index in [-0.39, 0.29) is 5.75 Å². The van der Waals surface area contributed by atoms with E-state index in [2.05, 4.69) is 13.0 Å². The molecular weight excluding hydrogens is 330 g/mol. The van der Waals surface area contributed by atoms with Crippen molar-refractivity contribution < 1.29 is 13.5 Å². The summed E-state index contributed by atoms with van der Waals surface area (Å²) in [5.41, 5.74) is 1.53. The number of allylic oxidation sites excluding steroid dienone is 1. The summed E-state index contributed by atoms with van der Waals surface area (Å²) >= 11 is 0. The van der Waals surface area contributed by atoms with Gasteiger partial charge < -0.3 is 4.74 Å². The molecule has 1 aromatic rings. The number of hydrogen-bond acceptors (Lipinski definition) is 1. The highest BCUT2D eigenvalue weighted by atomic mass is 19.2. The smallest absolute Gasteiger partial charge is 0.200 e. The van der Waals surface area contributed by atoms with Crippen LogP contribution in [0, 0.1) is 36.3 Å². The SMILES string of the molecule is CCCC1CCC(C2CC=C(COc3ccc(C)c(F)c3F)CC2)CC1. The molecule has 2 aliphatic carbocycles. The molecule has 1 atom stereocenters. The van der Waals surface area contributed by atoms with E-state index >= 15 is 0 Å². The van der Waals surface area contributed by atoms with Crippen LogP contribution in [-0.4, -0.2) is 6.61 Å². The summed E-state index contributed by atoms with van der Waals surface area (Å²) in [5.74, 6) is 0.983. The molecule has 1 saturated carbocycles. The van der Waals surface area contributed by atoms with E-state index in [1.54, 1.807) is 13.0 Å². The van der Waals surface area contributed by atoms with Gasteiger partial charge >= 0.3 is 0 Å². The molecule has 2 aliphatic rings. The van der Waals surface area contributed by atoms with Gasteiger partial charge in [-0.15, -0.1) is 0 Å². The van der Waals surface area contributed by atoms with Crippen LogP contribution in [0.4, 0.5) is 8.78 Å². The molecule has 144 valence electrons. The number of benzene rings is 1. The Labute approximate surface area is 156 Å². The zero-order valence-corrected chi connectivity index (χ0v) is 16.2. The average molecular weight is 363 g/mol. The van der Waals surface area contributed by atoms with Crippen molar-refractivity contribution in [2.24, 2.45) is 17.8 Å². The summed E-state index contributed by atoms with van der Waals surface area (Å²) in [6.07, 6.45) is 14.0. The Hall–Kier alpha value is -1.38. The third kappa shape index (κ3) is 4.66. The molecular formula is C23H32F2O. The van der Waals surface area contributed by atoms with Crippen LogP contribution in [0.2, 0.25) is 0 Å². The summed E-state index contributed by atoms with van der Waals surface area (Å²) < 4.78 is 33.1. The van der Waals surface area contributed by atoms with Crippen molar-refractivity contribution in [3.63, 3.8) is 0 Å². The standard InChI is InChI=1S/C23H32F2O/c1-3-4-17-6-10-19(11-7-17)20-12-8-18(9-13-20)15-26-21-14-5-16(2)22(24)23(21)25/h5,8,14,17,19-20H,3-4,6-7,9-13,15H2,1-2H3. The van der Waals surface area contributed by atoms with Crippen molar-refractivity contribution in [1.82, 2.24) is 0 Å². The molecule has 0 aromatic heterocycles. The monoisotopic (exact) mass is 362 g/mol. The van der Waals surface area contributed by atoms with Gasteiger partial charge in [0.05, 0.1) is 0 Å². The minimum Gasteiger partial charge on any atom is -0.486 e. The molecule has 1 nitrogen and oxygen atoms in total. The van der Waals surface area contributed by atoms with Crippen molar-refractivity contribution in [3.8, 4) is 5.75 Å². The number of hydrogen-bond donors (Lipinski definition) is 0. The van der Waals surface area contributed by atoms with E-state index in [4.69, 9.17) is 4.74 Å². The average Bonchev–Trinajstić information content (AvgIpc) is 2.67. The van der Waals surface area contributed by atoms with Crippen molar-refractivity contribution in [1.29, 1.82) is 0 Å². The largest absolute Gasteiger partial charge is 0.486 e. The van der Waals surface area contributed by atoms with Crippen LogP contribution in [0.15, 0.2) is 23.8 Å². The second kappa shape index (κ2) is 9.01. The Morgan fingerprint density at radius 1 is 1.00 bits per heavy atom. The van der Waals surface area contributed by atoms with E-state index in [9.17, 15) is 8.78 Å². The van der Waals surface area contributed by atoms with Gasteiger partial charge in [0.2, 0.25) is 5.82 Å². The van der Waals surface area contributed by atoms with Crippen molar-refractivity contribution in [2.45, 2.75) is 71.6 Å². The summed E-state index contributed by atoms with van der Waals surface area (Å²) in [5, 5.41) is 0. The minimum atomic E-state index is -0.872. The lowest BCUT2D eigenvalue weighted by Crippen LogP contribution is -2.23. The first-order valence-electron chi connectivity index (χ1n) is 10.3. The molecule has 1 fully saturated rings. The fraction of sp³-hybridized carbons (Fsp3) is 0.652. The van der Waals surface area contributed by atoms with Crippen molar-refractivity contribution in [2.75, 3.05) is 6.61 Å². The van der Waals surface area contributed by atoms with E-state index in [0.717, 1.165) is 30.6 Å². The summed E-state index contributed by atoms with van der Waals surface area (Å²) in [4.78, 5) is 0. The molecule has 26 heavy (non-hydrogen) atoms. The maximum absolute atomic E-state index is 13.9. The Bertz CT molecular complexity index is 629. The molecule has 0 heterocycles. The van der Waals surface area contributed by atoms with E-state index in [0.29, 0.717) is 12.2 Å². The first-order chi connectivity index (χ1) is 12.6. The first-order valence-corrected chi connectivity index (χ1v) is 10.3. The predicted octanol–water partition coefficient (Wildman–Crippen LogP) is 6.99. The van der Waals surface area contributed by atoms with E-state index in [1.807, 2.05) is 0 Å². The fourth-order valence-corrected chi connectivity index (χ4v) is 4.73. The number of rotatable bonds is 6. The Morgan fingerprint density at radius 3 is 2.42 bits per heavy atom. The van der Waals surface area contributed by atoms with Gasteiger partial charge in [-0.3, -0.25) is 0 Å². The predicted molar refractivity (Wildman–Crippen MR) is 102 cm³/mol. The second-order valence-electron chi connectivity index (χ2n) is 8.26. The number of halogens is 2. The lowest BCUT2D eigenvalue weighted by molar-refractivity contribution is 0.184. The Morgan fingerprint density at radius 2 is 1.77 bits per heavy atom. The third-order valence-electron chi connectivity index (χ3n) is 6.45. The highest BCUT2D eigenvalue weighted by molar-refractivity contribution is 5.30. The van der Waals surface area contributed by atoms with Crippen LogP contribution in [-0.2, 0) is 0 Å². The van der Waals surface area contributed by atoms with Gasteiger partial charge in [-0.25, -0.2) is 4.39 Å². The van der Waals surface area contributed by atoms with E-state index in [1.165, 1.54) is 56.6 Å². The number of ether oxygens (including phenoxy) is 1. The van der Waals surface area contributed by atoms with Crippen molar-refractivity contribution in [3.05, 3.63) is 41.0 Å². The van der Waals surface area contributed by atoms with Gasteiger partial charge in [0.15, 0.2) is 11.6 Å². The van der Waals surface area contributed by atoms with Crippen LogP contribution < -0.4 is 4.74 Å². The van der Waals surface area contributed by atoms with Gasteiger partial charge in [0.1, 0.15) is 6.61 Å². The number of aryl methyl sites for hydroxylation is 1. The molecule has 0 aliphatic heterocycles.